The zero-order chi connectivity index (χ0) is 18.3. The molecule has 3 heterocycles. The van der Waals surface area contributed by atoms with Crippen molar-refractivity contribution in [1.29, 1.82) is 0 Å². The number of piperazine rings is 1. The molecule has 0 unspecified atom stereocenters. The highest BCUT2D eigenvalue weighted by atomic mass is 35.5. The van der Waals surface area contributed by atoms with E-state index in [9.17, 15) is 4.79 Å². The number of aromatic nitrogens is 2. The smallest absolute Gasteiger partial charge is 0.225 e. The maximum Gasteiger partial charge on any atom is 0.225 e. The molecule has 1 fully saturated rings. The molecular weight excluding hydrogens is 391 g/mol. The predicted molar refractivity (Wildman–Crippen MR) is 107 cm³/mol. The first-order valence-electron chi connectivity index (χ1n) is 8.24. The molecule has 8 heteroatoms. The molecule has 0 radical (unpaired) electrons. The number of nitrogens with zero attached hydrogens (tertiary/aromatic N) is 4. The second kappa shape index (κ2) is 7.02. The fourth-order valence-corrected chi connectivity index (χ4v) is 4.48. The van der Waals surface area contributed by atoms with Gasteiger partial charge in [-0.2, -0.15) is 4.98 Å². The van der Waals surface area contributed by atoms with Crippen LogP contribution in [-0.4, -0.2) is 47.0 Å². The molecule has 1 aromatic carbocycles. The largest absolute Gasteiger partial charge is 0.352 e. The molecular formula is C18H16Cl2N4OS. The fourth-order valence-electron chi connectivity index (χ4n) is 3.20. The molecule has 0 spiro atoms. The van der Waals surface area contributed by atoms with E-state index in [4.69, 9.17) is 23.2 Å². The highest BCUT2D eigenvalue weighted by Gasteiger charge is 2.24. The van der Waals surface area contributed by atoms with Gasteiger partial charge in [-0.1, -0.05) is 23.7 Å². The van der Waals surface area contributed by atoms with Gasteiger partial charge < -0.3 is 9.80 Å². The summed E-state index contributed by atoms with van der Waals surface area (Å²) >= 11 is 13.7. The van der Waals surface area contributed by atoms with Gasteiger partial charge in [0.25, 0.3) is 0 Å². The predicted octanol–water partition coefficient (Wildman–Crippen LogP) is 4.33. The Labute approximate surface area is 165 Å². The Morgan fingerprint density at radius 3 is 2.42 bits per heavy atom. The van der Waals surface area contributed by atoms with Crippen LogP contribution in [0, 0.1) is 0 Å². The lowest BCUT2D eigenvalue weighted by atomic mass is 10.1. The van der Waals surface area contributed by atoms with E-state index in [0.29, 0.717) is 18.1 Å². The van der Waals surface area contributed by atoms with Gasteiger partial charge in [0.15, 0.2) is 0 Å². The summed E-state index contributed by atoms with van der Waals surface area (Å²) in [6.07, 6.45) is 0. The number of amides is 1. The zero-order valence-electron chi connectivity index (χ0n) is 14.1. The van der Waals surface area contributed by atoms with Gasteiger partial charge in [0, 0.05) is 49.1 Å². The van der Waals surface area contributed by atoms with Gasteiger partial charge in [0.05, 0.1) is 5.39 Å². The van der Waals surface area contributed by atoms with Crippen LogP contribution in [0.1, 0.15) is 6.92 Å². The van der Waals surface area contributed by atoms with Crippen molar-refractivity contribution in [3.05, 3.63) is 40.0 Å². The van der Waals surface area contributed by atoms with Gasteiger partial charge in [-0.25, -0.2) is 4.98 Å². The molecule has 0 aliphatic carbocycles. The van der Waals surface area contributed by atoms with Gasteiger partial charge in [0.2, 0.25) is 11.2 Å². The third-order valence-electron chi connectivity index (χ3n) is 4.57. The Kier molecular flexibility index (Phi) is 4.73. The fraction of sp³-hybridized carbons (Fsp3) is 0.278. The van der Waals surface area contributed by atoms with E-state index in [-0.39, 0.29) is 11.2 Å². The lowest BCUT2D eigenvalue weighted by Gasteiger charge is -2.35. The summed E-state index contributed by atoms with van der Waals surface area (Å²) < 4.78 is 0. The molecule has 26 heavy (non-hydrogen) atoms. The number of thiophene rings is 1. The lowest BCUT2D eigenvalue weighted by Crippen LogP contribution is -2.48. The van der Waals surface area contributed by atoms with Crippen LogP contribution in [0.4, 0.5) is 5.82 Å². The Hall–Kier alpha value is -1.89. The highest BCUT2D eigenvalue weighted by Crippen LogP contribution is 2.39. The SMILES string of the molecule is CC(=O)N1CCN(c2nc(Cl)nc3scc(-c4ccc(Cl)cc4)c23)CC1. The van der Waals surface area contributed by atoms with Gasteiger partial charge in [-0.3, -0.25) is 4.79 Å². The van der Waals surface area contributed by atoms with Crippen molar-refractivity contribution in [1.82, 2.24) is 14.9 Å². The Morgan fingerprint density at radius 2 is 1.77 bits per heavy atom. The van der Waals surface area contributed by atoms with Crippen LogP contribution in [0.25, 0.3) is 21.3 Å². The van der Waals surface area contributed by atoms with Crippen LogP contribution in [0.15, 0.2) is 29.6 Å². The van der Waals surface area contributed by atoms with E-state index in [2.05, 4.69) is 20.2 Å². The van der Waals surface area contributed by atoms with E-state index >= 15 is 0 Å². The molecule has 5 nitrogen and oxygen atoms in total. The van der Waals surface area contributed by atoms with Crippen LogP contribution < -0.4 is 4.90 Å². The second-order valence-electron chi connectivity index (χ2n) is 6.15. The summed E-state index contributed by atoms with van der Waals surface area (Å²) in [6.45, 7) is 4.40. The number of carbonyl (C=O) groups excluding carboxylic acids is 1. The van der Waals surface area contributed by atoms with Crippen molar-refractivity contribution >= 4 is 56.5 Å². The molecule has 4 rings (SSSR count). The highest BCUT2D eigenvalue weighted by molar-refractivity contribution is 7.17. The van der Waals surface area contributed by atoms with E-state index < -0.39 is 0 Å². The number of hydrogen-bond acceptors (Lipinski definition) is 5. The van der Waals surface area contributed by atoms with Crippen LogP contribution in [0.3, 0.4) is 0 Å². The molecule has 1 aliphatic rings. The summed E-state index contributed by atoms with van der Waals surface area (Å²) in [5, 5.41) is 4.02. The van der Waals surface area contributed by atoms with Crippen LogP contribution in [-0.2, 0) is 4.79 Å². The van der Waals surface area contributed by atoms with E-state index in [0.717, 1.165) is 40.3 Å². The molecule has 1 saturated heterocycles. The Morgan fingerprint density at radius 1 is 1.08 bits per heavy atom. The second-order valence-corrected chi connectivity index (χ2v) is 7.78. The van der Waals surface area contributed by atoms with Gasteiger partial charge in [-0.05, 0) is 29.3 Å². The summed E-state index contributed by atoms with van der Waals surface area (Å²) in [5.41, 5.74) is 2.14. The minimum absolute atomic E-state index is 0.105. The molecule has 0 bridgehead atoms. The first kappa shape index (κ1) is 17.5. The Bertz CT molecular complexity index is 965. The first-order valence-corrected chi connectivity index (χ1v) is 9.87. The maximum atomic E-state index is 11.6. The normalized spacial score (nSPS) is 14.9. The number of fused-ring (bicyclic) bond motifs is 1. The van der Waals surface area contributed by atoms with Crippen molar-refractivity contribution in [2.45, 2.75) is 6.92 Å². The van der Waals surface area contributed by atoms with Crippen molar-refractivity contribution in [3.8, 4) is 11.1 Å². The molecule has 0 N–H and O–H groups in total. The Balaban J connectivity index is 1.78. The van der Waals surface area contributed by atoms with Crippen molar-refractivity contribution in [2.75, 3.05) is 31.1 Å². The molecule has 3 aromatic rings. The first-order chi connectivity index (χ1) is 12.5. The number of halogens is 2. The number of benzene rings is 1. The zero-order valence-corrected chi connectivity index (χ0v) is 16.4. The minimum atomic E-state index is 0.105. The third kappa shape index (κ3) is 3.24. The summed E-state index contributed by atoms with van der Waals surface area (Å²) in [4.78, 5) is 25.4. The van der Waals surface area contributed by atoms with E-state index in [1.54, 1.807) is 18.3 Å². The molecule has 1 amide bonds. The minimum Gasteiger partial charge on any atom is -0.352 e. The number of anilines is 1. The molecule has 2 aromatic heterocycles. The third-order valence-corrected chi connectivity index (χ3v) is 5.86. The van der Waals surface area contributed by atoms with Crippen LogP contribution >= 0.6 is 34.5 Å². The van der Waals surface area contributed by atoms with Gasteiger partial charge >= 0.3 is 0 Å². The molecule has 0 saturated carbocycles. The number of carbonyl (C=O) groups is 1. The summed E-state index contributed by atoms with van der Waals surface area (Å²) in [5.74, 6) is 0.933. The van der Waals surface area contributed by atoms with Crippen molar-refractivity contribution in [3.63, 3.8) is 0 Å². The standard InChI is InChI=1S/C18H16Cl2N4OS/c1-11(25)23-6-8-24(9-7-23)16-15-14(12-2-4-13(19)5-3-12)10-26-17(15)22-18(20)21-16/h2-5,10H,6-9H2,1H3. The topological polar surface area (TPSA) is 49.3 Å². The van der Waals surface area contributed by atoms with Crippen molar-refractivity contribution in [2.24, 2.45) is 0 Å². The monoisotopic (exact) mass is 406 g/mol. The number of rotatable bonds is 2. The van der Waals surface area contributed by atoms with Crippen molar-refractivity contribution < 1.29 is 4.79 Å². The lowest BCUT2D eigenvalue weighted by molar-refractivity contribution is -0.129. The average molecular weight is 407 g/mol. The number of hydrogen-bond donors (Lipinski definition) is 0. The quantitative estimate of drug-likeness (QED) is 0.594. The van der Waals surface area contributed by atoms with Crippen LogP contribution in [0.5, 0.6) is 0 Å². The van der Waals surface area contributed by atoms with E-state index in [1.807, 2.05) is 29.2 Å². The molecule has 0 atom stereocenters. The summed E-state index contributed by atoms with van der Waals surface area (Å²) in [7, 11) is 0. The summed E-state index contributed by atoms with van der Waals surface area (Å²) in [6, 6.07) is 7.75. The van der Waals surface area contributed by atoms with Gasteiger partial charge in [0.1, 0.15) is 10.6 Å². The average Bonchev–Trinajstić information content (AvgIpc) is 3.05. The van der Waals surface area contributed by atoms with Crippen LogP contribution in [0.2, 0.25) is 10.3 Å². The van der Waals surface area contributed by atoms with E-state index in [1.165, 1.54) is 0 Å². The molecule has 134 valence electrons. The molecule has 1 aliphatic heterocycles. The maximum absolute atomic E-state index is 11.6. The van der Waals surface area contributed by atoms with Gasteiger partial charge in [-0.15, -0.1) is 11.3 Å².